The van der Waals surface area contributed by atoms with Crippen LogP contribution in [0.5, 0.6) is 11.5 Å². The number of rotatable bonds is 2. The third-order valence-corrected chi connectivity index (χ3v) is 4.62. The molecule has 0 spiro atoms. The van der Waals surface area contributed by atoms with E-state index in [2.05, 4.69) is 15.9 Å². The van der Waals surface area contributed by atoms with E-state index in [1.165, 1.54) is 25.7 Å². The molecular formula is C14H18BrNO2. The van der Waals surface area contributed by atoms with Crippen molar-refractivity contribution >= 4 is 15.9 Å². The molecule has 1 saturated carbocycles. The fourth-order valence-corrected chi connectivity index (χ4v) is 3.49. The van der Waals surface area contributed by atoms with Crippen molar-refractivity contribution in [1.82, 2.24) is 0 Å². The Morgan fingerprint density at radius 3 is 2.39 bits per heavy atom. The summed E-state index contributed by atoms with van der Waals surface area (Å²) in [6.07, 6.45) is 5.09. The Hall–Kier alpha value is -0.740. The lowest BCUT2D eigenvalue weighted by Crippen LogP contribution is -2.21. The van der Waals surface area contributed by atoms with Crippen molar-refractivity contribution in [2.45, 2.75) is 31.7 Å². The van der Waals surface area contributed by atoms with Gasteiger partial charge in [0, 0.05) is 10.5 Å². The zero-order valence-electron chi connectivity index (χ0n) is 10.3. The molecule has 0 amide bonds. The second kappa shape index (κ2) is 5.10. The Kier molecular flexibility index (Phi) is 3.48. The van der Waals surface area contributed by atoms with Crippen LogP contribution in [0.4, 0.5) is 0 Å². The minimum atomic E-state index is 0.0951. The van der Waals surface area contributed by atoms with Crippen LogP contribution in [0.1, 0.15) is 37.3 Å². The summed E-state index contributed by atoms with van der Waals surface area (Å²) in [6.45, 7) is 1.24. The SMILES string of the molecule is NC(c1cc2c(cc1Br)OCCO2)C1CCCC1. The van der Waals surface area contributed by atoms with Gasteiger partial charge in [0.25, 0.3) is 0 Å². The maximum atomic E-state index is 6.41. The number of halogens is 1. The fourth-order valence-electron chi connectivity index (χ4n) is 2.91. The lowest BCUT2D eigenvalue weighted by atomic mass is 9.92. The molecular weight excluding hydrogens is 294 g/mol. The molecule has 1 aromatic rings. The van der Waals surface area contributed by atoms with E-state index in [9.17, 15) is 0 Å². The Bertz CT molecular complexity index is 444. The molecule has 98 valence electrons. The fraction of sp³-hybridized carbons (Fsp3) is 0.571. The highest BCUT2D eigenvalue weighted by Gasteiger charge is 2.26. The number of hydrogen-bond acceptors (Lipinski definition) is 3. The minimum absolute atomic E-state index is 0.0951. The van der Waals surface area contributed by atoms with Crippen molar-refractivity contribution in [3.8, 4) is 11.5 Å². The summed E-state index contributed by atoms with van der Waals surface area (Å²) in [6, 6.07) is 4.12. The van der Waals surface area contributed by atoms with E-state index in [1.54, 1.807) is 0 Å². The van der Waals surface area contributed by atoms with Crippen molar-refractivity contribution in [2.75, 3.05) is 13.2 Å². The largest absolute Gasteiger partial charge is 0.486 e. The van der Waals surface area contributed by atoms with E-state index in [0.29, 0.717) is 19.1 Å². The molecule has 0 bridgehead atoms. The molecule has 3 rings (SSSR count). The van der Waals surface area contributed by atoms with Gasteiger partial charge in [-0.05, 0) is 36.5 Å². The van der Waals surface area contributed by atoms with E-state index in [-0.39, 0.29) is 6.04 Å². The molecule has 0 saturated heterocycles. The molecule has 18 heavy (non-hydrogen) atoms. The van der Waals surface area contributed by atoms with Crippen LogP contribution in [-0.4, -0.2) is 13.2 Å². The predicted octanol–water partition coefficient (Wildman–Crippen LogP) is 3.41. The molecule has 2 aliphatic rings. The zero-order chi connectivity index (χ0) is 12.5. The first-order valence-corrected chi connectivity index (χ1v) is 7.39. The zero-order valence-corrected chi connectivity index (χ0v) is 11.9. The molecule has 1 fully saturated rings. The van der Waals surface area contributed by atoms with Gasteiger partial charge in [0.1, 0.15) is 13.2 Å². The first-order valence-electron chi connectivity index (χ1n) is 6.60. The molecule has 0 aromatic heterocycles. The van der Waals surface area contributed by atoms with Crippen LogP contribution in [-0.2, 0) is 0 Å². The van der Waals surface area contributed by atoms with Gasteiger partial charge in [-0.25, -0.2) is 0 Å². The Balaban J connectivity index is 1.90. The number of hydrogen-bond donors (Lipinski definition) is 1. The monoisotopic (exact) mass is 311 g/mol. The summed E-state index contributed by atoms with van der Waals surface area (Å²) in [4.78, 5) is 0. The van der Waals surface area contributed by atoms with E-state index in [1.807, 2.05) is 12.1 Å². The summed E-state index contributed by atoms with van der Waals surface area (Å²) >= 11 is 3.61. The maximum Gasteiger partial charge on any atom is 0.162 e. The van der Waals surface area contributed by atoms with Crippen LogP contribution in [0.2, 0.25) is 0 Å². The van der Waals surface area contributed by atoms with E-state index >= 15 is 0 Å². The lowest BCUT2D eigenvalue weighted by molar-refractivity contribution is 0.171. The quantitative estimate of drug-likeness (QED) is 0.910. The molecule has 3 nitrogen and oxygen atoms in total. The van der Waals surface area contributed by atoms with Gasteiger partial charge in [0.05, 0.1) is 0 Å². The normalized spacial score (nSPS) is 21.0. The first-order chi connectivity index (χ1) is 8.75. The van der Waals surface area contributed by atoms with E-state index < -0.39 is 0 Å². The maximum absolute atomic E-state index is 6.41. The van der Waals surface area contributed by atoms with Crippen molar-refractivity contribution < 1.29 is 9.47 Å². The van der Waals surface area contributed by atoms with Gasteiger partial charge in [0.2, 0.25) is 0 Å². The van der Waals surface area contributed by atoms with Crippen molar-refractivity contribution in [3.63, 3.8) is 0 Å². The third kappa shape index (κ3) is 2.24. The standard InChI is InChI=1S/C14H18BrNO2/c15-11-8-13-12(17-5-6-18-13)7-10(11)14(16)9-3-1-2-4-9/h7-9,14H,1-6,16H2. The summed E-state index contributed by atoms with van der Waals surface area (Å²) in [5, 5.41) is 0. The van der Waals surface area contributed by atoms with Gasteiger partial charge < -0.3 is 15.2 Å². The van der Waals surface area contributed by atoms with Crippen LogP contribution >= 0.6 is 15.9 Å². The van der Waals surface area contributed by atoms with Gasteiger partial charge in [-0.2, -0.15) is 0 Å². The average Bonchev–Trinajstić information content (AvgIpc) is 2.91. The third-order valence-electron chi connectivity index (χ3n) is 3.93. The van der Waals surface area contributed by atoms with Gasteiger partial charge in [-0.3, -0.25) is 0 Å². The van der Waals surface area contributed by atoms with Gasteiger partial charge in [-0.15, -0.1) is 0 Å². The highest BCUT2D eigenvalue weighted by molar-refractivity contribution is 9.10. The number of fused-ring (bicyclic) bond motifs is 1. The van der Waals surface area contributed by atoms with Crippen LogP contribution in [0, 0.1) is 5.92 Å². The highest BCUT2D eigenvalue weighted by Crippen LogP contribution is 2.41. The van der Waals surface area contributed by atoms with Crippen molar-refractivity contribution in [1.29, 1.82) is 0 Å². The number of nitrogens with two attached hydrogens (primary N) is 1. The van der Waals surface area contributed by atoms with Crippen molar-refractivity contribution in [3.05, 3.63) is 22.2 Å². The smallest absolute Gasteiger partial charge is 0.162 e. The molecule has 1 aliphatic heterocycles. The molecule has 0 radical (unpaired) electrons. The second-order valence-corrected chi connectivity index (χ2v) is 5.94. The van der Waals surface area contributed by atoms with Crippen LogP contribution in [0.15, 0.2) is 16.6 Å². The summed E-state index contributed by atoms with van der Waals surface area (Å²) in [5.41, 5.74) is 7.55. The molecule has 1 unspecified atom stereocenters. The molecule has 1 aliphatic carbocycles. The average molecular weight is 312 g/mol. The van der Waals surface area contributed by atoms with Gasteiger partial charge >= 0.3 is 0 Å². The van der Waals surface area contributed by atoms with Crippen LogP contribution in [0.3, 0.4) is 0 Å². The Morgan fingerprint density at radius 1 is 1.11 bits per heavy atom. The summed E-state index contributed by atoms with van der Waals surface area (Å²) in [7, 11) is 0. The van der Waals surface area contributed by atoms with Gasteiger partial charge in [0.15, 0.2) is 11.5 Å². The Morgan fingerprint density at radius 2 is 1.72 bits per heavy atom. The lowest BCUT2D eigenvalue weighted by Gasteiger charge is -2.24. The Labute approximate surface area is 116 Å². The molecule has 2 N–H and O–H groups in total. The van der Waals surface area contributed by atoms with Crippen LogP contribution < -0.4 is 15.2 Å². The van der Waals surface area contributed by atoms with Crippen LogP contribution in [0.25, 0.3) is 0 Å². The highest BCUT2D eigenvalue weighted by atomic mass is 79.9. The molecule has 1 aromatic carbocycles. The predicted molar refractivity (Wildman–Crippen MR) is 74.0 cm³/mol. The van der Waals surface area contributed by atoms with E-state index in [0.717, 1.165) is 21.5 Å². The molecule has 1 heterocycles. The summed E-state index contributed by atoms with van der Waals surface area (Å²) < 4.78 is 12.2. The van der Waals surface area contributed by atoms with E-state index in [4.69, 9.17) is 15.2 Å². The number of benzene rings is 1. The molecule has 4 heteroatoms. The molecule has 1 atom stereocenters. The van der Waals surface area contributed by atoms with Crippen molar-refractivity contribution in [2.24, 2.45) is 11.7 Å². The topological polar surface area (TPSA) is 44.5 Å². The second-order valence-electron chi connectivity index (χ2n) is 5.09. The first kappa shape index (κ1) is 12.3. The number of ether oxygens (including phenoxy) is 2. The summed E-state index contributed by atoms with van der Waals surface area (Å²) in [5.74, 6) is 2.24. The van der Waals surface area contributed by atoms with Gasteiger partial charge in [-0.1, -0.05) is 28.8 Å². The minimum Gasteiger partial charge on any atom is -0.486 e.